The summed E-state index contributed by atoms with van der Waals surface area (Å²) >= 11 is 0. The molecule has 4 aromatic rings. The van der Waals surface area contributed by atoms with Crippen molar-refractivity contribution in [3.05, 3.63) is 83.6 Å². The second-order valence-corrected chi connectivity index (χ2v) is 12.4. The van der Waals surface area contributed by atoms with Crippen LogP contribution in [0.3, 0.4) is 0 Å². The third-order valence-electron chi connectivity index (χ3n) is 9.31. The number of carbonyl (C=O) groups is 3. The molecule has 2 aliphatic rings. The quantitative estimate of drug-likeness (QED) is 0.154. The fraction of sp³-hybridized carbons (Fsp3) is 0.351. The van der Waals surface area contributed by atoms with Gasteiger partial charge in [-0.25, -0.2) is 4.79 Å². The van der Waals surface area contributed by atoms with Gasteiger partial charge in [-0.1, -0.05) is 31.9 Å². The van der Waals surface area contributed by atoms with Crippen LogP contribution in [0.5, 0.6) is 5.75 Å². The number of aromatic nitrogens is 2. The minimum atomic E-state index is -1.06. The molecule has 2 aromatic carbocycles. The fourth-order valence-electron chi connectivity index (χ4n) is 6.77. The van der Waals surface area contributed by atoms with Crippen molar-refractivity contribution in [1.82, 2.24) is 14.9 Å². The first-order valence-corrected chi connectivity index (χ1v) is 16.1. The molecule has 2 aromatic heterocycles. The number of amides is 2. The predicted octanol–water partition coefficient (Wildman–Crippen LogP) is 7.08. The first kappa shape index (κ1) is 31.1. The van der Waals surface area contributed by atoms with Crippen LogP contribution >= 0.6 is 0 Å². The lowest BCUT2D eigenvalue weighted by molar-refractivity contribution is -0.131. The number of benzene rings is 2. The van der Waals surface area contributed by atoms with Crippen LogP contribution in [0.4, 0.5) is 5.69 Å². The van der Waals surface area contributed by atoms with Crippen LogP contribution in [0.15, 0.2) is 66.9 Å². The van der Waals surface area contributed by atoms with Gasteiger partial charge in [0, 0.05) is 53.1 Å². The Hall–Kier alpha value is -4.92. The normalized spacial score (nSPS) is 16.0. The summed E-state index contributed by atoms with van der Waals surface area (Å²) in [4.78, 5) is 43.1. The lowest BCUT2D eigenvalue weighted by Gasteiger charge is -2.40. The highest BCUT2D eigenvalue weighted by atomic mass is 16.5. The molecule has 46 heavy (non-hydrogen) atoms. The largest absolute Gasteiger partial charge is 0.493 e. The number of carboxylic acid groups (broad SMARTS) is 1. The number of ether oxygens (including phenoxy) is 1. The number of nitrogens with zero attached hydrogens (tertiary/aromatic N) is 2. The molecule has 0 unspecified atom stereocenters. The Bertz CT molecular complexity index is 1800. The van der Waals surface area contributed by atoms with Crippen molar-refractivity contribution >= 4 is 40.4 Å². The molecule has 2 aliphatic carbocycles. The number of carbonyl (C=O) groups excluding carboxylic acids is 2. The van der Waals surface area contributed by atoms with Crippen molar-refractivity contribution in [3.63, 3.8) is 0 Å². The number of aryl methyl sites for hydroxylation is 1. The van der Waals surface area contributed by atoms with Crippen LogP contribution in [-0.2, 0) is 16.6 Å². The molecule has 0 radical (unpaired) electrons. The smallest absolute Gasteiger partial charge is 0.328 e. The maximum atomic E-state index is 13.7. The Morgan fingerprint density at radius 2 is 1.87 bits per heavy atom. The van der Waals surface area contributed by atoms with Crippen LogP contribution in [0.25, 0.3) is 28.4 Å². The van der Waals surface area contributed by atoms with E-state index in [1.54, 1.807) is 18.2 Å². The zero-order valence-electron chi connectivity index (χ0n) is 26.3. The molecule has 2 fully saturated rings. The SMILES string of the molecule is CCCOc1cc(NC(=O)C2(NC(=O)c3ccc4c(C5CCCC5)c(-c5ccccn5)n(C)c4c3)CCC2)ccc1/C=C/C(=O)O. The van der Waals surface area contributed by atoms with Gasteiger partial charge in [0.25, 0.3) is 5.91 Å². The van der Waals surface area contributed by atoms with Crippen molar-refractivity contribution < 1.29 is 24.2 Å². The second-order valence-electron chi connectivity index (χ2n) is 12.4. The summed E-state index contributed by atoms with van der Waals surface area (Å²) in [5.41, 5.74) is 4.88. The van der Waals surface area contributed by atoms with Crippen LogP contribution in [0.1, 0.15) is 85.7 Å². The molecular weight excluding hydrogens is 580 g/mol. The molecule has 9 heteroatoms. The number of pyridine rings is 1. The van der Waals surface area contributed by atoms with Crippen molar-refractivity contribution in [3.8, 4) is 17.1 Å². The van der Waals surface area contributed by atoms with E-state index in [0.29, 0.717) is 47.9 Å². The molecule has 0 bridgehead atoms. The van der Waals surface area contributed by atoms with E-state index in [0.717, 1.165) is 54.1 Å². The van der Waals surface area contributed by atoms with E-state index in [2.05, 4.69) is 26.3 Å². The van der Waals surface area contributed by atoms with E-state index in [1.807, 2.05) is 50.5 Å². The van der Waals surface area contributed by atoms with Crippen molar-refractivity contribution in [2.24, 2.45) is 7.05 Å². The molecule has 238 valence electrons. The average Bonchev–Trinajstić information content (AvgIpc) is 3.67. The number of hydrogen-bond acceptors (Lipinski definition) is 5. The molecule has 0 aliphatic heterocycles. The first-order chi connectivity index (χ1) is 22.3. The Balaban J connectivity index is 1.25. The topological polar surface area (TPSA) is 123 Å². The molecule has 0 saturated heterocycles. The average molecular weight is 621 g/mol. The lowest BCUT2D eigenvalue weighted by atomic mass is 9.75. The van der Waals surface area contributed by atoms with E-state index >= 15 is 0 Å². The van der Waals surface area contributed by atoms with Gasteiger partial charge in [-0.2, -0.15) is 0 Å². The third kappa shape index (κ3) is 6.14. The molecular formula is C37H40N4O5. The highest BCUT2D eigenvalue weighted by molar-refractivity contribution is 6.06. The minimum absolute atomic E-state index is 0.289. The van der Waals surface area contributed by atoms with Crippen molar-refractivity contribution in [1.29, 1.82) is 0 Å². The molecule has 9 nitrogen and oxygen atoms in total. The molecule has 0 spiro atoms. The zero-order valence-corrected chi connectivity index (χ0v) is 26.3. The van der Waals surface area contributed by atoms with Gasteiger partial charge in [-0.3, -0.25) is 14.6 Å². The standard InChI is InChI=1S/C37H40N4O5/c1-3-21-46-31-23-27(15-12-24(31)14-17-32(42)43)39-36(45)37(18-8-19-37)40-35(44)26-13-16-28-30(22-26)41(2)34(29-11-6-7-20-38-29)33(28)25-9-4-5-10-25/h6-7,11-17,20,22-23,25H,3-5,8-10,18-19,21H2,1-2H3,(H,39,45)(H,40,44)(H,42,43)/b17-14+. The van der Waals surface area contributed by atoms with Crippen LogP contribution in [0.2, 0.25) is 0 Å². The van der Waals surface area contributed by atoms with Crippen LogP contribution in [-0.4, -0.2) is 44.6 Å². The van der Waals surface area contributed by atoms with Gasteiger partial charge in [0.1, 0.15) is 11.3 Å². The first-order valence-electron chi connectivity index (χ1n) is 16.1. The number of aliphatic carboxylic acids is 1. The molecule has 3 N–H and O–H groups in total. The van der Waals surface area contributed by atoms with Gasteiger partial charge in [0.05, 0.1) is 18.0 Å². The van der Waals surface area contributed by atoms with E-state index in [4.69, 9.17) is 9.84 Å². The number of rotatable bonds is 11. The number of carboxylic acids is 1. The monoisotopic (exact) mass is 620 g/mol. The Morgan fingerprint density at radius 1 is 1.07 bits per heavy atom. The zero-order chi connectivity index (χ0) is 32.3. The lowest BCUT2D eigenvalue weighted by Crippen LogP contribution is -2.61. The third-order valence-corrected chi connectivity index (χ3v) is 9.31. The molecule has 2 saturated carbocycles. The van der Waals surface area contributed by atoms with Crippen molar-refractivity contribution in [2.75, 3.05) is 11.9 Å². The van der Waals surface area contributed by atoms with Gasteiger partial charge in [0.2, 0.25) is 5.91 Å². The fourth-order valence-corrected chi connectivity index (χ4v) is 6.77. The predicted molar refractivity (Wildman–Crippen MR) is 179 cm³/mol. The summed E-state index contributed by atoms with van der Waals surface area (Å²) in [6.45, 7) is 2.42. The van der Waals surface area contributed by atoms with E-state index in [1.165, 1.54) is 24.5 Å². The molecule has 0 atom stereocenters. The van der Waals surface area contributed by atoms with Gasteiger partial charge >= 0.3 is 5.97 Å². The minimum Gasteiger partial charge on any atom is -0.493 e. The maximum Gasteiger partial charge on any atom is 0.328 e. The second kappa shape index (κ2) is 13.2. The molecule has 2 amide bonds. The van der Waals surface area contributed by atoms with E-state index in [-0.39, 0.29) is 11.8 Å². The summed E-state index contributed by atoms with van der Waals surface area (Å²) in [5, 5.41) is 16.2. The number of hydrogen-bond donors (Lipinski definition) is 3. The van der Waals surface area contributed by atoms with Gasteiger partial charge < -0.3 is 25.0 Å². The summed E-state index contributed by atoms with van der Waals surface area (Å²) in [6, 6.07) is 16.9. The Labute approximate surface area is 268 Å². The highest BCUT2D eigenvalue weighted by Crippen LogP contribution is 2.44. The van der Waals surface area contributed by atoms with E-state index in [9.17, 15) is 14.4 Å². The summed E-state index contributed by atoms with van der Waals surface area (Å²) < 4.78 is 7.99. The Morgan fingerprint density at radius 3 is 2.54 bits per heavy atom. The van der Waals surface area contributed by atoms with E-state index < -0.39 is 11.5 Å². The van der Waals surface area contributed by atoms with Gasteiger partial charge in [-0.15, -0.1) is 0 Å². The van der Waals surface area contributed by atoms with Gasteiger partial charge in [-0.05, 0) is 92.5 Å². The number of anilines is 1. The van der Waals surface area contributed by atoms with Crippen LogP contribution in [0, 0.1) is 0 Å². The van der Waals surface area contributed by atoms with Crippen LogP contribution < -0.4 is 15.4 Å². The maximum absolute atomic E-state index is 13.7. The number of fused-ring (bicyclic) bond motifs is 1. The molecule has 6 rings (SSSR count). The summed E-state index contributed by atoms with van der Waals surface area (Å²) in [7, 11) is 2.04. The highest BCUT2D eigenvalue weighted by Gasteiger charge is 2.45. The van der Waals surface area contributed by atoms with Gasteiger partial charge in [0.15, 0.2) is 0 Å². The van der Waals surface area contributed by atoms with Crippen molar-refractivity contribution in [2.45, 2.75) is 69.7 Å². The number of nitrogens with one attached hydrogen (secondary N) is 2. The molecule has 2 heterocycles. The summed E-state index contributed by atoms with van der Waals surface area (Å²) in [6.07, 6.45) is 11.7. The Kier molecular flexibility index (Phi) is 8.92. The summed E-state index contributed by atoms with van der Waals surface area (Å²) in [5.74, 6) is -0.709.